The van der Waals surface area contributed by atoms with Crippen molar-refractivity contribution >= 4 is 11.0 Å². The minimum absolute atomic E-state index is 0.0309. The molecule has 15 unspecified atom stereocenters. The first-order valence-corrected chi connectivity index (χ1v) is 16.6. The van der Waals surface area contributed by atoms with Gasteiger partial charge in [-0.3, -0.25) is 4.79 Å². The normalized spacial score (nSPS) is 37.8. The number of hydrogen-bond acceptors (Lipinski definition) is 19. The largest absolute Gasteiger partial charge is 0.506 e. The molecule has 3 aliphatic rings. The summed E-state index contributed by atoms with van der Waals surface area (Å²) in [4.78, 5) is 13.6. The molecule has 11 N–H and O–H groups in total. The molecule has 0 amide bonds. The van der Waals surface area contributed by atoms with Crippen LogP contribution in [-0.2, 0) is 18.9 Å². The highest BCUT2D eigenvalue weighted by Crippen LogP contribution is 2.46. The van der Waals surface area contributed by atoms with Crippen LogP contribution in [0.15, 0.2) is 45.6 Å². The Hall–Kier alpha value is -3.51. The van der Waals surface area contributed by atoms with Gasteiger partial charge in [0.2, 0.25) is 6.29 Å². The molecule has 3 fully saturated rings. The number of rotatable bonds is 9. The van der Waals surface area contributed by atoms with Gasteiger partial charge in [0, 0.05) is 17.7 Å². The average molecular weight is 755 g/mol. The monoisotopic (exact) mass is 754 g/mol. The number of ether oxygens (including phenoxy) is 6. The average Bonchev–Trinajstić information content (AvgIpc) is 3.15. The topological polar surface area (TPSA) is 308 Å². The van der Waals surface area contributed by atoms with Crippen LogP contribution in [0.4, 0.5) is 0 Å². The molecule has 3 saturated heterocycles. The van der Waals surface area contributed by atoms with E-state index in [-0.39, 0.29) is 33.8 Å². The molecule has 19 heteroatoms. The Bertz CT molecular complexity index is 1780. The van der Waals surface area contributed by atoms with Crippen molar-refractivity contribution in [2.75, 3.05) is 20.3 Å². The van der Waals surface area contributed by atoms with Crippen molar-refractivity contribution in [3.8, 4) is 28.6 Å². The smallest absolute Gasteiger partial charge is 0.229 e. The van der Waals surface area contributed by atoms with Gasteiger partial charge in [-0.05, 0) is 31.2 Å². The fraction of sp³-hybridized carbons (Fsp3) is 0.559. The molecular weight excluding hydrogens is 712 g/mol. The van der Waals surface area contributed by atoms with Crippen molar-refractivity contribution < 1.29 is 89.0 Å². The van der Waals surface area contributed by atoms with Gasteiger partial charge in [0.15, 0.2) is 11.7 Å². The molecule has 4 heterocycles. The Balaban J connectivity index is 1.32. The molecule has 6 rings (SSSR count). The van der Waals surface area contributed by atoms with Gasteiger partial charge in [-0.25, -0.2) is 0 Å². The fourth-order valence-corrected chi connectivity index (χ4v) is 6.63. The summed E-state index contributed by atoms with van der Waals surface area (Å²) in [6.45, 7) is -0.0325. The van der Waals surface area contributed by atoms with Gasteiger partial charge < -0.3 is 89.0 Å². The molecular formula is C34H42O19. The molecule has 3 aliphatic heterocycles. The zero-order valence-corrected chi connectivity index (χ0v) is 28.2. The molecule has 292 valence electrons. The number of phenolic OH excluding ortho intramolecular Hbond substituents is 1. The summed E-state index contributed by atoms with van der Waals surface area (Å²) in [6.07, 6.45) is -23.5. The van der Waals surface area contributed by atoms with E-state index in [0.29, 0.717) is 5.56 Å². The lowest BCUT2D eigenvalue weighted by Gasteiger charge is -2.46. The van der Waals surface area contributed by atoms with Gasteiger partial charge in [-0.1, -0.05) is 0 Å². The van der Waals surface area contributed by atoms with Crippen molar-refractivity contribution in [2.45, 2.75) is 98.9 Å². The van der Waals surface area contributed by atoms with Crippen LogP contribution >= 0.6 is 0 Å². The van der Waals surface area contributed by atoms with E-state index in [2.05, 4.69) is 0 Å². The SMILES string of the molecule is COc1cc2oc(-c3ccc(OC4OC(CO)C(O)C(O)C4O)cc3)cc(=O)c2c(O)c1C1OC(CO)C(O)C(O)C1OC1OC(C)C(O)C(O)C1O. The van der Waals surface area contributed by atoms with Crippen LogP contribution in [0.2, 0.25) is 0 Å². The lowest BCUT2D eigenvalue weighted by molar-refractivity contribution is -0.338. The number of aromatic hydroxyl groups is 1. The highest BCUT2D eigenvalue weighted by Gasteiger charge is 2.52. The second-order valence-corrected chi connectivity index (χ2v) is 13.1. The van der Waals surface area contributed by atoms with Crippen molar-refractivity contribution in [1.82, 2.24) is 0 Å². The van der Waals surface area contributed by atoms with Crippen molar-refractivity contribution in [1.29, 1.82) is 0 Å². The molecule has 1 aromatic heterocycles. The second kappa shape index (κ2) is 15.7. The summed E-state index contributed by atoms with van der Waals surface area (Å²) in [5, 5.41) is 114. The number of phenols is 1. The number of methoxy groups -OCH3 is 1. The number of aliphatic hydroxyl groups is 10. The van der Waals surface area contributed by atoms with E-state index in [1.165, 1.54) is 44.4 Å². The van der Waals surface area contributed by atoms with Crippen LogP contribution in [0.5, 0.6) is 17.2 Å². The van der Waals surface area contributed by atoms with E-state index in [9.17, 15) is 61.0 Å². The Morgan fingerprint density at radius 2 is 1.32 bits per heavy atom. The van der Waals surface area contributed by atoms with E-state index in [0.717, 1.165) is 6.07 Å². The molecule has 53 heavy (non-hydrogen) atoms. The van der Waals surface area contributed by atoms with Crippen molar-refractivity contribution in [2.24, 2.45) is 0 Å². The first kappa shape index (κ1) is 39.2. The lowest BCUT2D eigenvalue weighted by atomic mass is 9.89. The summed E-state index contributed by atoms with van der Waals surface area (Å²) in [5.41, 5.74) is -0.805. The zero-order valence-electron chi connectivity index (χ0n) is 28.2. The van der Waals surface area contributed by atoms with E-state index in [4.69, 9.17) is 32.8 Å². The summed E-state index contributed by atoms with van der Waals surface area (Å²) in [5.74, 6) is -0.695. The standard InChI is InChI=1S/C34H42O19/c1-11-22(38)26(42)29(45)33(48-11)53-32-28(44)24(40)18(9-35)51-31(32)21-16(47-2)8-17-20(25(21)41)14(37)7-15(50-17)12-3-5-13(6-4-12)49-34-30(46)27(43)23(39)19(10-36)52-34/h3-8,11,18-19,22-24,26-36,38-46H,9-10H2,1-2H3. The number of benzene rings is 2. The van der Waals surface area contributed by atoms with Gasteiger partial charge in [0.25, 0.3) is 0 Å². The maximum Gasteiger partial charge on any atom is 0.229 e. The Kier molecular flexibility index (Phi) is 11.6. The molecule has 3 aromatic rings. The van der Waals surface area contributed by atoms with Crippen molar-refractivity contribution in [3.63, 3.8) is 0 Å². The maximum absolute atomic E-state index is 13.6. The molecule has 0 aliphatic carbocycles. The molecule has 0 radical (unpaired) electrons. The van der Waals surface area contributed by atoms with Crippen LogP contribution < -0.4 is 14.9 Å². The molecule has 15 atom stereocenters. The zero-order chi connectivity index (χ0) is 38.5. The predicted octanol–water partition coefficient (Wildman–Crippen LogP) is -3.28. The van der Waals surface area contributed by atoms with Crippen LogP contribution in [0.25, 0.3) is 22.3 Å². The van der Waals surface area contributed by atoms with Crippen LogP contribution in [-0.4, -0.2) is 162 Å². The van der Waals surface area contributed by atoms with Crippen LogP contribution in [0.1, 0.15) is 18.6 Å². The molecule has 0 saturated carbocycles. The third-order valence-corrected chi connectivity index (χ3v) is 9.71. The van der Waals surface area contributed by atoms with E-state index in [1.54, 1.807) is 0 Å². The number of aliphatic hydroxyl groups excluding tert-OH is 10. The highest BCUT2D eigenvalue weighted by molar-refractivity contribution is 5.88. The van der Waals surface area contributed by atoms with Gasteiger partial charge in [0.1, 0.15) is 107 Å². The Morgan fingerprint density at radius 1 is 0.717 bits per heavy atom. The summed E-state index contributed by atoms with van der Waals surface area (Å²) in [6, 6.07) is 8.20. The molecule has 0 spiro atoms. The summed E-state index contributed by atoms with van der Waals surface area (Å²) >= 11 is 0. The van der Waals surface area contributed by atoms with E-state index < -0.39 is 116 Å². The molecule has 0 bridgehead atoms. The Morgan fingerprint density at radius 3 is 1.96 bits per heavy atom. The Labute approximate surface area is 299 Å². The van der Waals surface area contributed by atoms with Gasteiger partial charge >= 0.3 is 0 Å². The lowest BCUT2D eigenvalue weighted by Crippen LogP contribution is -2.61. The molecule has 2 aromatic carbocycles. The first-order chi connectivity index (χ1) is 25.2. The molecule has 19 nitrogen and oxygen atoms in total. The third-order valence-electron chi connectivity index (χ3n) is 9.71. The van der Waals surface area contributed by atoms with Gasteiger partial charge in [0.05, 0.1) is 32.0 Å². The maximum atomic E-state index is 13.6. The van der Waals surface area contributed by atoms with E-state index >= 15 is 0 Å². The van der Waals surface area contributed by atoms with E-state index in [1.807, 2.05) is 0 Å². The summed E-state index contributed by atoms with van der Waals surface area (Å²) in [7, 11) is 1.22. The highest BCUT2D eigenvalue weighted by atomic mass is 16.7. The predicted molar refractivity (Wildman–Crippen MR) is 174 cm³/mol. The third kappa shape index (κ3) is 7.22. The van der Waals surface area contributed by atoms with Crippen LogP contribution in [0.3, 0.4) is 0 Å². The van der Waals surface area contributed by atoms with Gasteiger partial charge in [-0.2, -0.15) is 0 Å². The number of hydrogen-bond donors (Lipinski definition) is 11. The van der Waals surface area contributed by atoms with Crippen LogP contribution in [0, 0.1) is 0 Å². The first-order valence-electron chi connectivity index (χ1n) is 16.6. The fourth-order valence-electron chi connectivity index (χ4n) is 6.63. The quantitative estimate of drug-likeness (QED) is 0.102. The van der Waals surface area contributed by atoms with Gasteiger partial charge in [-0.15, -0.1) is 0 Å². The summed E-state index contributed by atoms with van der Waals surface area (Å²) < 4.78 is 39.7. The minimum Gasteiger partial charge on any atom is -0.506 e. The second-order valence-electron chi connectivity index (χ2n) is 13.1. The number of fused-ring (bicyclic) bond motifs is 1. The minimum atomic E-state index is -1.85. The van der Waals surface area contributed by atoms with Crippen molar-refractivity contribution in [3.05, 3.63) is 52.2 Å².